The minimum atomic E-state index is -0.289. The number of nitrogens with zero attached hydrogens (tertiary/aromatic N) is 1. The third-order valence-electron chi connectivity index (χ3n) is 4.50. The maximum Gasteiger partial charge on any atom is 0.234 e. The Kier molecular flexibility index (Phi) is 4.92. The van der Waals surface area contributed by atoms with E-state index in [1.807, 2.05) is 4.90 Å². The average molecular weight is 333 g/mol. The highest BCUT2D eigenvalue weighted by atomic mass is 32.2. The molecule has 0 aliphatic carbocycles. The lowest BCUT2D eigenvalue weighted by molar-refractivity contribution is -0.122. The maximum atomic E-state index is 12.5. The van der Waals surface area contributed by atoms with Gasteiger partial charge in [0.15, 0.2) is 0 Å². The smallest absolute Gasteiger partial charge is 0.234 e. The Morgan fingerprint density at radius 3 is 2.78 bits per heavy atom. The first-order valence-corrected chi connectivity index (χ1v) is 8.96. The quantitative estimate of drug-likeness (QED) is 0.864. The number of fused-ring (bicyclic) bond motifs is 1. The van der Waals surface area contributed by atoms with E-state index < -0.39 is 0 Å². The van der Waals surface area contributed by atoms with Gasteiger partial charge in [-0.25, -0.2) is 0 Å². The molecule has 0 bridgehead atoms. The molecule has 0 unspecified atom stereocenters. The summed E-state index contributed by atoms with van der Waals surface area (Å²) >= 11 is 1.67. The maximum absolute atomic E-state index is 12.5. The molecule has 23 heavy (non-hydrogen) atoms. The van der Waals surface area contributed by atoms with Crippen molar-refractivity contribution in [3.63, 3.8) is 0 Å². The van der Waals surface area contributed by atoms with Gasteiger partial charge in [0.1, 0.15) is 0 Å². The molecule has 3 N–H and O–H groups in total. The lowest BCUT2D eigenvalue weighted by Crippen LogP contribution is -2.48. The normalized spacial score (nSPS) is 21.9. The van der Waals surface area contributed by atoms with Crippen molar-refractivity contribution in [1.82, 2.24) is 10.2 Å². The van der Waals surface area contributed by atoms with Crippen LogP contribution in [0.15, 0.2) is 23.1 Å². The number of piperidine rings is 1. The standard InChI is InChI=1S/C17H23N3O2S/c1-11-2-3-12-9-15(23-14(12)8-11)17(22)19-13-4-6-20(7-5-13)10-16(18)21/h2-3,8,13,15H,4-7,9-10H2,1H3,(H2,18,21)(H,19,22)/t15-/m1/s1. The average Bonchev–Trinajstić information content (AvgIpc) is 2.92. The van der Waals surface area contributed by atoms with Gasteiger partial charge in [0.25, 0.3) is 0 Å². The van der Waals surface area contributed by atoms with Crippen LogP contribution in [0.2, 0.25) is 0 Å². The van der Waals surface area contributed by atoms with Crippen molar-refractivity contribution in [2.24, 2.45) is 5.73 Å². The Morgan fingerprint density at radius 2 is 2.09 bits per heavy atom. The van der Waals surface area contributed by atoms with Gasteiger partial charge in [-0.1, -0.05) is 17.7 Å². The molecule has 2 heterocycles. The minimum Gasteiger partial charge on any atom is -0.369 e. The van der Waals surface area contributed by atoms with E-state index in [1.54, 1.807) is 11.8 Å². The molecule has 0 aromatic heterocycles. The fraction of sp³-hybridized carbons (Fsp3) is 0.529. The fourth-order valence-corrected chi connectivity index (χ4v) is 4.53. The van der Waals surface area contributed by atoms with Gasteiger partial charge in [0.2, 0.25) is 11.8 Å². The van der Waals surface area contributed by atoms with Crippen LogP contribution in [0.5, 0.6) is 0 Å². The fourth-order valence-electron chi connectivity index (χ4n) is 3.23. The largest absolute Gasteiger partial charge is 0.369 e. The number of rotatable bonds is 4. The Hall–Kier alpha value is -1.53. The van der Waals surface area contributed by atoms with Crippen molar-refractivity contribution in [1.29, 1.82) is 0 Å². The molecule has 2 aliphatic heterocycles. The summed E-state index contributed by atoms with van der Waals surface area (Å²) in [6.45, 7) is 4.01. The van der Waals surface area contributed by atoms with E-state index in [9.17, 15) is 9.59 Å². The van der Waals surface area contributed by atoms with Crippen molar-refractivity contribution in [3.05, 3.63) is 29.3 Å². The lowest BCUT2D eigenvalue weighted by atomic mass is 10.0. The van der Waals surface area contributed by atoms with Crippen LogP contribution in [0.1, 0.15) is 24.0 Å². The van der Waals surface area contributed by atoms with Gasteiger partial charge in [0.05, 0.1) is 11.8 Å². The summed E-state index contributed by atoms with van der Waals surface area (Å²) in [7, 11) is 0. The zero-order valence-electron chi connectivity index (χ0n) is 13.4. The first-order chi connectivity index (χ1) is 11.0. The summed E-state index contributed by atoms with van der Waals surface area (Å²) in [4.78, 5) is 26.7. The van der Waals surface area contributed by atoms with Crippen LogP contribution in [0.4, 0.5) is 0 Å². The van der Waals surface area contributed by atoms with Crippen molar-refractivity contribution in [2.75, 3.05) is 19.6 Å². The van der Waals surface area contributed by atoms with Gasteiger partial charge in [-0.05, 0) is 37.8 Å². The molecule has 1 atom stereocenters. The van der Waals surface area contributed by atoms with Crippen LogP contribution in [-0.2, 0) is 16.0 Å². The van der Waals surface area contributed by atoms with E-state index in [0.717, 1.165) is 32.4 Å². The number of benzene rings is 1. The van der Waals surface area contributed by atoms with Crippen LogP contribution in [-0.4, -0.2) is 47.6 Å². The van der Waals surface area contributed by atoms with E-state index in [-0.39, 0.29) is 23.1 Å². The number of carbonyl (C=O) groups is 2. The molecular weight excluding hydrogens is 310 g/mol. The molecule has 1 aromatic carbocycles. The summed E-state index contributed by atoms with van der Waals surface area (Å²) in [5.74, 6) is -0.153. The third kappa shape index (κ3) is 4.06. The second-order valence-corrected chi connectivity index (χ2v) is 7.69. The summed E-state index contributed by atoms with van der Waals surface area (Å²) in [5.41, 5.74) is 7.73. The number of thioether (sulfide) groups is 1. The van der Waals surface area contributed by atoms with E-state index in [4.69, 9.17) is 5.73 Å². The highest BCUT2D eigenvalue weighted by Gasteiger charge is 2.30. The SMILES string of the molecule is Cc1ccc2c(c1)S[C@@H](C(=O)NC1CCN(CC(N)=O)CC1)C2. The number of primary amides is 1. The predicted octanol–water partition coefficient (Wildman–Crippen LogP) is 1.08. The summed E-state index contributed by atoms with van der Waals surface area (Å²) < 4.78 is 0. The molecule has 0 spiro atoms. The summed E-state index contributed by atoms with van der Waals surface area (Å²) in [6, 6.07) is 6.61. The van der Waals surface area contributed by atoms with Crippen molar-refractivity contribution >= 4 is 23.6 Å². The van der Waals surface area contributed by atoms with E-state index in [1.165, 1.54) is 16.0 Å². The van der Waals surface area contributed by atoms with Crippen molar-refractivity contribution < 1.29 is 9.59 Å². The van der Waals surface area contributed by atoms with E-state index in [0.29, 0.717) is 6.54 Å². The van der Waals surface area contributed by atoms with E-state index >= 15 is 0 Å². The Balaban J connectivity index is 1.49. The molecule has 1 saturated heterocycles. The van der Waals surface area contributed by atoms with Gasteiger partial charge in [-0.2, -0.15) is 0 Å². The molecule has 1 fully saturated rings. The number of carbonyl (C=O) groups excluding carboxylic acids is 2. The number of likely N-dealkylation sites (tertiary alicyclic amines) is 1. The number of nitrogens with two attached hydrogens (primary N) is 1. The number of aryl methyl sites for hydroxylation is 1. The molecular formula is C17H23N3O2S. The number of hydrogen-bond donors (Lipinski definition) is 2. The van der Waals surface area contributed by atoms with Crippen LogP contribution in [0, 0.1) is 6.92 Å². The highest BCUT2D eigenvalue weighted by molar-refractivity contribution is 8.01. The molecule has 2 aliphatic rings. The molecule has 124 valence electrons. The first-order valence-electron chi connectivity index (χ1n) is 8.08. The predicted molar refractivity (Wildman–Crippen MR) is 91.3 cm³/mol. The topological polar surface area (TPSA) is 75.4 Å². The molecule has 2 amide bonds. The molecule has 6 heteroatoms. The number of amides is 2. The Bertz CT molecular complexity index is 612. The van der Waals surface area contributed by atoms with Crippen LogP contribution in [0.25, 0.3) is 0 Å². The highest BCUT2D eigenvalue weighted by Crippen LogP contribution is 2.37. The monoisotopic (exact) mass is 333 g/mol. The minimum absolute atomic E-state index is 0.0181. The summed E-state index contributed by atoms with van der Waals surface area (Å²) in [5, 5.41) is 3.16. The third-order valence-corrected chi connectivity index (χ3v) is 5.80. The number of nitrogens with one attached hydrogen (secondary N) is 1. The number of hydrogen-bond acceptors (Lipinski definition) is 4. The van der Waals surface area contributed by atoms with Crippen molar-refractivity contribution in [3.8, 4) is 0 Å². The van der Waals surface area contributed by atoms with Crippen molar-refractivity contribution in [2.45, 2.75) is 42.4 Å². The molecule has 0 saturated carbocycles. The second kappa shape index (κ2) is 6.93. The van der Waals surface area contributed by atoms with Gasteiger partial charge in [-0.3, -0.25) is 14.5 Å². The summed E-state index contributed by atoms with van der Waals surface area (Å²) in [6.07, 6.45) is 2.57. The van der Waals surface area contributed by atoms with Gasteiger partial charge in [0, 0.05) is 24.0 Å². The van der Waals surface area contributed by atoms with E-state index in [2.05, 4.69) is 30.4 Å². The van der Waals surface area contributed by atoms with Crippen LogP contribution >= 0.6 is 11.8 Å². The molecule has 0 radical (unpaired) electrons. The van der Waals surface area contributed by atoms with Gasteiger partial charge >= 0.3 is 0 Å². The lowest BCUT2D eigenvalue weighted by Gasteiger charge is -2.31. The zero-order valence-corrected chi connectivity index (χ0v) is 14.2. The molecule has 3 rings (SSSR count). The Labute approximate surface area is 141 Å². The zero-order chi connectivity index (χ0) is 16.4. The van der Waals surface area contributed by atoms with Crippen LogP contribution in [0.3, 0.4) is 0 Å². The first kappa shape index (κ1) is 16.3. The molecule has 5 nitrogen and oxygen atoms in total. The molecule has 1 aromatic rings. The van der Waals surface area contributed by atoms with Gasteiger partial charge in [-0.15, -0.1) is 11.8 Å². The van der Waals surface area contributed by atoms with Crippen LogP contribution < -0.4 is 11.1 Å². The Morgan fingerprint density at radius 1 is 1.35 bits per heavy atom. The second-order valence-electron chi connectivity index (χ2n) is 6.45. The van der Waals surface area contributed by atoms with Gasteiger partial charge < -0.3 is 11.1 Å².